The van der Waals surface area contributed by atoms with E-state index in [9.17, 15) is 4.79 Å². The molecule has 0 aromatic rings. The van der Waals surface area contributed by atoms with Gasteiger partial charge in [-0.2, -0.15) is 0 Å². The van der Waals surface area contributed by atoms with E-state index in [2.05, 4.69) is 5.32 Å². The first-order valence-electron chi connectivity index (χ1n) is 5.18. The van der Waals surface area contributed by atoms with E-state index in [0.717, 1.165) is 6.54 Å². The van der Waals surface area contributed by atoms with Crippen molar-refractivity contribution in [3.05, 3.63) is 0 Å². The molecule has 0 saturated heterocycles. The zero-order valence-corrected chi connectivity index (χ0v) is 11.0. The van der Waals surface area contributed by atoms with Gasteiger partial charge in [-0.1, -0.05) is 0 Å². The number of alkyl carbamates (subject to hydrolysis) is 1. The van der Waals surface area contributed by atoms with Crippen molar-refractivity contribution in [1.29, 1.82) is 0 Å². The molecule has 0 aliphatic heterocycles. The third-order valence-corrected chi connectivity index (χ3v) is 1.55. The largest absolute Gasteiger partial charge is 0.444 e. The number of amides is 1. The quantitative estimate of drug-likeness (QED) is 0.783. The van der Waals surface area contributed by atoms with Crippen LogP contribution in [0.4, 0.5) is 4.79 Å². The van der Waals surface area contributed by atoms with Crippen molar-refractivity contribution in [1.82, 2.24) is 10.2 Å². The smallest absolute Gasteiger partial charge is 0.408 e. The number of ether oxygens (including phenoxy) is 1. The van der Waals surface area contributed by atoms with E-state index >= 15 is 0 Å². The minimum atomic E-state index is -0.446. The summed E-state index contributed by atoms with van der Waals surface area (Å²) in [5, 5.41) is 2.84. The molecule has 4 heteroatoms. The second kappa shape index (κ2) is 4.84. The van der Waals surface area contributed by atoms with Crippen molar-refractivity contribution < 1.29 is 9.53 Å². The summed E-state index contributed by atoms with van der Waals surface area (Å²) in [6.07, 6.45) is -0.366. The van der Waals surface area contributed by atoms with E-state index in [1.807, 2.05) is 53.6 Å². The molecule has 90 valence electrons. The lowest BCUT2D eigenvalue weighted by atomic mass is 10.1. The van der Waals surface area contributed by atoms with Crippen molar-refractivity contribution in [2.45, 2.75) is 45.8 Å². The summed E-state index contributed by atoms with van der Waals surface area (Å²) < 4.78 is 5.19. The van der Waals surface area contributed by atoms with Crippen LogP contribution < -0.4 is 5.32 Å². The van der Waals surface area contributed by atoms with Crippen LogP contribution in [0.25, 0.3) is 0 Å². The number of carbonyl (C=O) groups excluding carboxylic acids is 1. The number of rotatable bonds is 3. The van der Waals surface area contributed by atoms with Crippen LogP contribution in [0.3, 0.4) is 0 Å². The van der Waals surface area contributed by atoms with Gasteiger partial charge >= 0.3 is 6.09 Å². The molecule has 0 aliphatic carbocycles. The second-order valence-corrected chi connectivity index (χ2v) is 5.75. The molecule has 0 spiro atoms. The number of likely N-dealkylation sites (N-methyl/N-ethyl adjacent to an activating group) is 1. The Morgan fingerprint density at radius 3 is 2.00 bits per heavy atom. The van der Waals surface area contributed by atoms with Gasteiger partial charge in [0.2, 0.25) is 0 Å². The molecule has 0 aliphatic rings. The molecule has 0 bridgehead atoms. The minimum Gasteiger partial charge on any atom is -0.444 e. The average molecular weight is 216 g/mol. The van der Waals surface area contributed by atoms with Crippen LogP contribution in [0.15, 0.2) is 0 Å². The zero-order chi connectivity index (χ0) is 12.3. The molecule has 0 atom stereocenters. The van der Waals surface area contributed by atoms with Gasteiger partial charge in [-0.25, -0.2) is 4.79 Å². The normalized spacial score (nSPS) is 12.8. The Bertz CT molecular complexity index is 217. The Labute approximate surface area is 93.0 Å². The maximum absolute atomic E-state index is 11.5. The summed E-state index contributed by atoms with van der Waals surface area (Å²) in [5.41, 5.74) is -0.732. The van der Waals surface area contributed by atoms with Gasteiger partial charge in [0, 0.05) is 6.54 Å². The summed E-state index contributed by atoms with van der Waals surface area (Å²) >= 11 is 0. The number of carbonyl (C=O) groups is 1. The lowest BCUT2D eigenvalue weighted by Crippen LogP contribution is -2.51. The molecule has 0 unspecified atom stereocenters. The maximum atomic E-state index is 11.5. The molecule has 0 saturated carbocycles. The molecule has 1 N–H and O–H groups in total. The number of hydrogen-bond donors (Lipinski definition) is 1. The molecule has 0 fully saturated rings. The summed E-state index contributed by atoms with van der Waals surface area (Å²) in [6, 6.07) is 0. The van der Waals surface area contributed by atoms with Crippen molar-refractivity contribution in [2.75, 3.05) is 20.6 Å². The second-order valence-electron chi connectivity index (χ2n) is 5.75. The molecular weight excluding hydrogens is 192 g/mol. The number of nitrogens with one attached hydrogen (secondary N) is 1. The summed E-state index contributed by atoms with van der Waals surface area (Å²) in [4.78, 5) is 13.5. The zero-order valence-electron chi connectivity index (χ0n) is 11.0. The molecule has 15 heavy (non-hydrogen) atoms. The van der Waals surface area contributed by atoms with E-state index in [0.29, 0.717) is 0 Å². The third kappa shape index (κ3) is 8.24. The first-order valence-corrected chi connectivity index (χ1v) is 5.18. The lowest BCUT2D eigenvalue weighted by molar-refractivity contribution is 0.0459. The maximum Gasteiger partial charge on any atom is 0.408 e. The SMILES string of the molecule is CN(C)CC(C)(C)NC(=O)OC(C)(C)C. The van der Waals surface area contributed by atoms with Gasteiger partial charge in [0.25, 0.3) is 0 Å². The van der Waals surface area contributed by atoms with Gasteiger partial charge in [0.1, 0.15) is 5.60 Å². The first kappa shape index (κ1) is 14.2. The summed E-state index contributed by atoms with van der Waals surface area (Å²) in [5.74, 6) is 0. The highest BCUT2D eigenvalue weighted by molar-refractivity contribution is 5.68. The first-order chi connectivity index (χ1) is 6.52. The standard InChI is InChI=1S/C11H24N2O2/c1-10(2,3)15-9(14)12-11(4,5)8-13(6)7/h8H2,1-7H3,(H,12,14). The van der Waals surface area contributed by atoms with Crippen LogP contribution in [0.5, 0.6) is 0 Å². The van der Waals surface area contributed by atoms with Crippen LogP contribution in [0.1, 0.15) is 34.6 Å². The molecule has 0 aromatic heterocycles. The van der Waals surface area contributed by atoms with Crippen LogP contribution >= 0.6 is 0 Å². The van der Waals surface area contributed by atoms with E-state index < -0.39 is 5.60 Å². The highest BCUT2D eigenvalue weighted by Crippen LogP contribution is 2.09. The fourth-order valence-corrected chi connectivity index (χ4v) is 1.41. The Balaban J connectivity index is 4.16. The monoisotopic (exact) mass is 216 g/mol. The Hall–Kier alpha value is -0.770. The summed E-state index contributed by atoms with van der Waals surface area (Å²) in [7, 11) is 3.94. The van der Waals surface area contributed by atoms with E-state index in [-0.39, 0.29) is 11.6 Å². The van der Waals surface area contributed by atoms with Crippen molar-refractivity contribution >= 4 is 6.09 Å². The third-order valence-electron chi connectivity index (χ3n) is 1.55. The highest BCUT2D eigenvalue weighted by Gasteiger charge is 2.24. The van der Waals surface area contributed by atoms with Crippen molar-refractivity contribution in [3.63, 3.8) is 0 Å². The highest BCUT2D eigenvalue weighted by atomic mass is 16.6. The molecule has 0 rings (SSSR count). The fraction of sp³-hybridized carbons (Fsp3) is 0.909. The van der Waals surface area contributed by atoms with Gasteiger partial charge in [0.15, 0.2) is 0 Å². The van der Waals surface area contributed by atoms with Crippen LogP contribution in [-0.2, 0) is 4.74 Å². The van der Waals surface area contributed by atoms with Gasteiger partial charge in [0.05, 0.1) is 5.54 Å². The molecular formula is C11H24N2O2. The predicted molar refractivity (Wildman–Crippen MR) is 62.0 cm³/mol. The Kier molecular flexibility index (Phi) is 4.59. The van der Waals surface area contributed by atoms with Gasteiger partial charge in [-0.15, -0.1) is 0 Å². The molecule has 0 heterocycles. The Morgan fingerprint density at radius 2 is 1.67 bits per heavy atom. The van der Waals surface area contributed by atoms with Crippen LogP contribution in [-0.4, -0.2) is 42.8 Å². The van der Waals surface area contributed by atoms with E-state index in [1.165, 1.54) is 0 Å². The van der Waals surface area contributed by atoms with Gasteiger partial charge in [-0.05, 0) is 48.7 Å². The van der Waals surface area contributed by atoms with Crippen LogP contribution in [0, 0.1) is 0 Å². The average Bonchev–Trinajstić information content (AvgIpc) is 1.73. The van der Waals surface area contributed by atoms with Crippen LogP contribution in [0.2, 0.25) is 0 Å². The summed E-state index contributed by atoms with van der Waals surface area (Å²) in [6.45, 7) is 10.3. The van der Waals surface area contributed by atoms with E-state index in [4.69, 9.17) is 4.74 Å². The molecule has 1 amide bonds. The topological polar surface area (TPSA) is 41.6 Å². The number of hydrogen-bond acceptors (Lipinski definition) is 3. The minimum absolute atomic E-state index is 0.286. The van der Waals surface area contributed by atoms with Gasteiger partial charge < -0.3 is 15.0 Å². The van der Waals surface area contributed by atoms with Crippen molar-refractivity contribution in [3.8, 4) is 0 Å². The van der Waals surface area contributed by atoms with Gasteiger partial charge in [-0.3, -0.25) is 0 Å². The van der Waals surface area contributed by atoms with E-state index in [1.54, 1.807) is 0 Å². The van der Waals surface area contributed by atoms with Crippen molar-refractivity contribution in [2.24, 2.45) is 0 Å². The number of nitrogens with zero attached hydrogens (tertiary/aromatic N) is 1. The fourth-order valence-electron chi connectivity index (χ4n) is 1.41. The molecule has 0 aromatic carbocycles. The molecule has 0 radical (unpaired) electrons. The predicted octanol–water partition coefficient (Wildman–Crippen LogP) is 1.85. The molecule has 4 nitrogen and oxygen atoms in total. The Morgan fingerprint density at radius 1 is 1.20 bits per heavy atom. The lowest BCUT2D eigenvalue weighted by Gasteiger charge is -2.30.